The van der Waals surface area contributed by atoms with Crippen LogP contribution in [0, 0.1) is 11.3 Å². The van der Waals surface area contributed by atoms with Crippen LogP contribution in [0.25, 0.3) is 0 Å². The third-order valence-corrected chi connectivity index (χ3v) is 4.46. The number of rotatable bonds is 2. The van der Waals surface area contributed by atoms with Gasteiger partial charge in [0.05, 0.1) is 0 Å². The zero-order valence-electron chi connectivity index (χ0n) is 12.0. The highest BCUT2D eigenvalue weighted by molar-refractivity contribution is 5.76. The van der Waals surface area contributed by atoms with Gasteiger partial charge in [0, 0.05) is 24.9 Å². The van der Waals surface area contributed by atoms with Gasteiger partial charge in [0.2, 0.25) is 5.91 Å². The van der Waals surface area contributed by atoms with Crippen molar-refractivity contribution in [1.82, 2.24) is 4.90 Å². The van der Waals surface area contributed by atoms with Crippen LogP contribution in [0.5, 0.6) is 0 Å². The van der Waals surface area contributed by atoms with Crippen LogP contribution in [0.3, 0.4) is 0 Å². The van der Waals surface area contributed by atoms with E-state index in [0.29, 0.717) is 11.8 Å². The number of likely N-dealkylation sites (tertiary alicyclic amines) is 1. The lowest BCUT2D eigenvalue weighted by atomic mass is 9.80. The summed E-state index contributed by atoms with van der Waals surface area (Å²) in [6, 6.07) is 0. The molecule has 2 rings (SSSR count). The molecule has 0 spiro atoms. The maximum absolute atomic E-state index is 11.9. The Balaban J connectivity index is 2.01. The van der Waals surface area contributed by atoms with E-state index in [4.69, 9.17) is 0 Å². The standard InChI is InChI=1S/C16H27NO/c1-14-7-3-5-10-16(2,11-9-14)13-17-12-6-4-8-15(17)18/h9,11,14H,3-8,10,12-13H2,1-2H3/b11-9-. The molecule has 0 N–H and O–H groups in total. The Bertz CT molecular complexity index is 323. The van der Waals surface area contributed by atoms with Gasteiger partial charge in [-0.2, -0.15) is 0 Å². The molecule has 2 heteroatoms. The molecular weight excluding hydrogens is 222 g/mol. The van der Waals surface area contributed by atoms with E-state index in [-0.39, 0.29) is 5.41 Å². The zero-order valence-corrected chi connectivity index (χ0v) is 12.0. The van der Waals surface area contributed by atoms with Gasteiger partial charge in [-0.1, -0.05) is 38.8 Å². The average molecular weight is 249 g/mol. The fourth-order valence-corrected chi connectivity index (χ4v) is 3.17. The van der Waals surface area contributed by atoms with Crippen molar-refractivity contribution >= 4 is 5.91 Å². The van der Waals surface area contributed by atoms with E-state index >= 15 is 0 Å². The molecular formula is C16H27NO. The van der Waals surface area contributed by atoms with E-state index in [2.05, 4.69) is 30.9 Å². The van der Waals surface area contributed by atoms with Crippen molar-refractivity contribution in [3.63, 3.8) is 0 Å². The number of nitrogens with zero attached hydrogens (tertiary/aromatic N) is 1. The molecule has 0 aromatic carbocycles. The molecule has 0 aromatic heterocycles. The summed E-state index contributed by atoms with van der Waals surface area (Å²) >= 11 is 0. The van der Waals surface area contributed by atoms with Gasteiger partial charge < -0.3 is 4.90 Å². The van der Waals surface area contributed by atoms with E-state index < -0.39 is 0 Å². The minimum Gasteiger partial charge on any atom is -0.342 e. The van der Waals surface area contributed by atoms with Gasteiger partial charge in [-0.15, -0.1) is 0 Å². The molecule has 1 amide bonds. The van der Waals surface area contributed by atoms with Crippen LogP contribution in [0.15, 0.2) is 12.2 Å². The maximum Gasteiger partial charge on any atom is 0.222 e. The summed E-state index contributed by atoms with van der Waals surface area (Å²) in [5, 5.41) is 0. The molecule has 0 bridgehead atoms. The molecule has 0 saturated carbocycles. The minimum absolute atomic E-state index is 0.196. The molecule has 1 heterocycles. The van der Waals surface area contributed by atoms with Crippen LogP contribution in [0.4, 0.5) is 0 Å². The normalized spacial score (nSPS) is 36.0. The van der Waals surface area contributed by atoms with Crippen molar-refractivity contribution in [2.24, 2.45) is 11.3 Å². The number of piperidine rings is 1. The van der Waals surface area contributed by atoms with Crippen LogP contribution in [-0.2, 0) is 4.79 Å². The first-order valence-electron chi connectivity index (χ1n) is 7.56. The molecule has 2 aliphatic rings. The quantitative estimate of drug-likeness (QED) is 0.682. The molecule has 1 fully saturated rings. The molecule has 1 aliphatic carbocycles. The molecule has 2 nitrogen and oxygen atoms in total. The van der Waals surface area contributed by atoms with E-state index in [9.17, 15) is 4.79 Å². The van der Waals surface area contributed by atoms with Crippen molar-refractivity contribution < 1.29 is 4.79 Å². The largest absolute Gasteiger partial charge is 0.342 e. The summed E-state index contributed by atoms with van der Waals surface area (Å²) in [4.78, 5) is 14.0. The second-order valence-corrected chi connectivity index (χ2v) is 6.51. The van der Waals surface area contributed by atoms with Crippen LogP contribution in [0.1, 0.15) is 58.8 Å². The fourth-order valence-electron chi connectivity index (χ4n) is 3.17. The molecule has 0 radical (unpaired) electrons. The van der Waals surface area contributed by atoms with Gasteiger partial charge in [0.1, 0.15) is 0 Å². The summed E-state index contributed by atoms with van der Waals surface area (Å²) in [6.45, 7) is 6.52. The maximum atomic E-state index is 11.9. The highest BCUT2D eigenvalue weighted by Crippen LogP contribution is 2.32. The highest BCUT2D eigenvalue weighted by atomic mass is 16.2. The molecule has 2 atom stereocenters. The Morgan fingerprint density at radius 1 is 1.33 bits per heavy atom. The highest BCUT2D eigenvalue weighted by Gasteiger charge is 2.28. The minimum atomic E-state index is 0.196. The summed E-state index contributed by atoms with van der Waals surface area (Å²) < 4.78 is 0. The topological polar surface area (TPSA) is 20.3 Å². The van der Waals surface area contributed by atoms with E-state index in [1.165, 1.54) is 32.1 Å². The number of allylic oxidation sites excluding steroid dienone is 1. The molecule has 18 heavy (non-hydrogen) atoms. The van der Waals surface area contributed by atoms with Gasteiger partial charge in [-0.25, -0.2) is 0 Å². The number of carbonyl (C=O) groups is 1. The second kappa shape index (κ2) is 5.90. The molecule has 0 aromatic rings. The van der Waals surface area contributed by atoms with Crippen LogP contribution < -0.4 is 0 Å². The first kappa shape index (κ1) is 13.6. The summed E-state index contributed by atoms with van der Waals surface area (Å²) in [5.41, 5.74) is 0.196. The van der Waals surface area contributed by atoms with Gasteiger partial charge in [-0.05, 0) is 31.6 Å². The lowest BCUT2D eigenvalue weighted by Gasteiger charge is -2.36. The molecule has 102 valence electrons. The lowest BCUT2D eigenvalue weighted by Crippen LogP contribution is -2.42. The van der Waals surface area contributed by atoms with Gasteiger partial charge in [0.25, 0.3) is 0 Å². The Labute approximate surface area is 111 Å². The average Bonchev–Trinajstić information content (AvgIpc) is 2.34. The Morgan fingerprint density at radius 3 is 2.94 bits per heavy atom. The van der Waals surface area contributed by atoms with Gasteiger partial charge in [0.15, 0.2) is 0 Å². The lowest BCUT2D eigenvalue weighted by molar-refractivity contribution is -0.134. The van der Waals surface area contributed by atoms with Crippen molar-refractivity contribution in [3.05, 3.63) is 12.2 Å². The van der Waals surface area contributed by atoms with Crippen molar-refractivity contribution in [1.29, 1.82) is 0 Å². The SMILES string of the molecule is CC1/C=C\C(C)(CN2CCCCC2=O)CCCC1. The second-order valence-electron chi connectivity index (χ2n) is 6.51. The van der Waals surface area contributed by atoms with Crippen LogP contribution >= 0.6 is 0 Å². The van der Waals surface area contributed by atoms with E-state index in [0.717, 1.165) is 25.9 Å². The number of hydrogen-bond acceptors (Lipinski definition) is 1. The third-order valence-electron chi connectivity index (χ3n) is 4.46. The van der Waals surface area contributed by atoms with Crippen molar-refractivity contribution in [2.45, 2.75) is 58.8 Å². The van der Waals surface area contributed by atoms with E-state index in [1.54, 1.807) is 0 Å². The smallest absolute Gasteiger partial charge is 0.222 e. The predicted molar refractivity (Wildman–Crippen MR) is 75.3 cm³/mol. The van der Waals surface area contributed by atoms with Crippen LogP contribution in [-0.4, -0.2) is 23.9 Å². The number of hydrogen-bond donors (Lipinski definition) is 0. The number of amides is 1. The fraction of sp³-hybridized carbons (Fsp3) is 0.812. The zero-order chi connectivity index (χ0) is 13.0. The van der Waals surface area contributed by atoms with Gasteiger partial charge >= 0.3 is 0 Å². The Hall–Kier alpha value is -0.790. The molecule has 1 saturated heterocycles. The van der Waals surface area contributed by atoms with Crippen molar-refractivity contribution in [2.75, 3.05) is 13.1 Å². The monoisotopic (exact) mass is 249 g/mol. The Morgan fingerprint density at radius 2 is 2.17 bits per heavy atom. The first-order valence-corrected chi connectivity index (χ1v) is 7.56. The summed E-state index contributed by atoms with van der Waals surface area (Å²) in [7, 11) is 0. The summed E-state index contributed by atoms with van der Waals surface area (Å²) in [5.74, 6) is 1.06. The molecule has 2 unspecified atom stereocenters. The van der Waals surface area contributed by atoms with Crippen LogP contribution in [0.2, 0.25) is 0 Å². The first-order chi connectivity index (χ1) is 8.59. The summed E-state index contributed by atoms with van der Waals surface area (Å²) in [6.07, 6.45) is 12.9. The molecule has 1 aliphatic heterocycles. The van der Waals surface area contributed by atoms with E-state index in [1.807, 2.05) is 0 Å². The van der Waals surface area contributed by atoms with Gasteiger partial charge in [-0.3, -0.25) is 4.79 Å². The predicted octanol–water partition coefficient (Wildman–Crippen LogP) is 3.77. The van der Waals surface area contributed by atoms with Crippen molar-refractivity contribution in [3.8, 4) is 0 Å². The Kier molecular flexibility index (Phi) is 4.47. The number of carbonyl (C=O) groups excluding carboxylic acids is 1. The third kappa shape index (κ3) is 3.60.